The summed E-state index contributed by atoms with van der Waals surface area (Å²) < 4.78 is 0. The summed E-state index contributed by atoms with van der Waals surface area (Å²) >= 11 is 1.81. The summed E-state index contributed by atoms with van der Waals surface area (Å²) in [5.74, 6) is 0.865. The number of hydrogen-bond acceptors (Lipinski definition) is 3. The van der Waals surface area contributed by atoms with Crippen molar-refractivity contribution in [3.63, 3.8) is 0 Å². The molecule has 1 aliphatic heterocycles. The van der Waals surface area contributed by atoms with Gasteiger partial charge in [-0.15, -0.1) is 11.3 Å². The Bertz CT molecular complexity index is 282. The van der Waals surface area contributed by atoms with Gasteiger partial charge >= 0.3 is 0 Å². The van der Waals surface area contributed by atoms with Crippen LogP contribution < -0.4 is 0 Å². The van der Waals surface area contributed by atoms with E-state index >= 15 is 0 Å². The van der Waals surface area contributed by atoms with E-state index in [1.807, 2.05) is 16.8 Å². The number of nitrogens with zero attached hydrogens (tertiary/aromatic N) is 2. The van der Waals surface area contributed by atoms with Crippen molar-refractivity contribution in [3.05, 3.63) is 16.1 Å². The van der Waals surface area contributed by atoms with Crippen molar-refractivity contribution in [2.24, 2.45) is 5.92 Å². The van der Waals surface area contributed by atoms with Crippen LogP contribution in [0.4, 0.5) is 0 Å². The van der Waals surface area contributed by atoms with Gasteiger partial charge in [-0.1, -0.05) is 0 Å². The minimum absolute atomic E-state index is 0.865. The first-order valence-electron chi connectivity index (χ1n) is 4.83. The monoisotopic (exact) mass is 196 g/mol. The maximum Gasteiger partial charge on any atom is 0.0797 e. The Morgan fingerprint density at radius 2 is 2.54 bits per heavy atom. The average molecular weight is 196 g/mol. The van der Waals surface area contributed by atoms with E-state index in [-0.39, 0.29) is 0 Å². The molecule has 1 fully saturated rings. The third-order valence-electron chi connectivity index (χ3n) is 2.81. The highest BCUT2D eigenvalue weighted by atomic mass is 32.1. The van der Waals surface area contributed by atoms with E-state index in [9.17, 15) is 0 Å². The maximum absolute atomic E-state index is 4.28. The van der Waals surface area contributed by atoms with Crippen molar-refractivity contribution in [2.45, 2.75) is 19.8 Å². The fourth-order valence-corrected chi connectivity index (χ4v) is 2.87. The summed E-state index contributed by atoms with van der Waals surface area (Å²) in [7, 11) is 2.21. The molecule has 1 saturated heterocycles. The topological polar surface area (TPSA) is 16.1 Å². The first-order valence-corrected chi connectivity index (χ1v) is 5.71. The normalized spacial score (nSPS) is 24.0. The lowest BCUT2D eigenvalue weighted by molar-refractivity contribution is 0.395. The highest BCUT2D eigenvalue weighted by Gasteiger charge is 2.20. The van der Waals surface area contributed by atoms with E-state index in [0.29, 0.717) is 0 Å². The number of aromatic nitrogens is 1. The zero-order valence-corrected chi connectivity index (χ0v) is 9.10. The van der Waals surface area contributed by atoms with E-state index in [1.54, 1.807) is 0 Å². The number of hydrogen-bond donors (Lipinski definition) is 0. The molecule has 0 spiro atoms. The van der Waals surface area contributed by atoms with Gasteiger partial charge in [0.25, 0.3) is 0 Å². The molecular formula is C10H16N2S. The second kappa shape index (κ2) is 3.76. The van der Waals surface area contributed by atoms with Crippen LogP contribution in [0, 0.1) is 12.8 Å². The molecule has 0 amide bonds. The van der Waals surface area contributed by atoms with Crippen LogP contribution in [-0.2, 0) is 6.42 Å². The van der Waals surface area contributed by atoms with Gasteiger partial charge in [-0.3, -0.25) is 0 Å². The molecule has 0 N–H and O–H groups in total. The van der Waals surface area contributed by atoms with Gasteiger partial charge in [0, 0.05) is 11.4 Å². The number of rotatable bonds is 2. The minimum Gasteiger partial charge on any atom is -0.306 e. The molecule has 0 radical (unpaired) electrons. The molecule has 1 unspecified atom stereocenters. The van der Waals surface area contributed by atoms with Gasteiger partial charge in [-0.05, 0) is 39.3 Å². The Morgan fingerprint density at radius 3 is 3.08 bits per heavy atom. The molecule has 3 heteroatoms. The fraction of sp³-hybridized carbons (Fsp3) is 0.700. The van der Waals surface area contributed by atoms with Crippen LogP contribution in [0.2, 0.25) is 0 Å². The molecule has 1 aromatic rings. The first kappa shape index (κ1) is 9.16. The minimum atomic E-state index is 0.865. The quantitative estimate of drug-likeness (QED) is 0.718. The standard InChI is InChI=1S/C10H16N2S/c1-8-10(13-7-11-8)5-9-3-4-12(2)6-9/h7,9H,3-6H2,1-2H3. The van der Waals surface area contributed by atoms with Crippen molar-refractivity contribution >= 4 is 11.3 Å². The van der Waals surface area contributed by atoms with Crippen LogP contribution in [0.25, 0.3) is 0 Å². The zero-order valence-electron chi connectivity index (χ0n) is 8.29. The van der Waals surface area contributed by atoms with Crippen LogP contribution in [-0.4, -0.2) is 30.0 Å². The van der Waals surface area contributed by atoms with Gasteiger partial charge in [0.05, 0.1) is 11.2 Å². The molecule has 1 aromatic heterocycles. The van der Waals surface area contributed by atoms with Crippen LogP contribution in [0.15, 0.2) is 5.51 Å². The van der Waals surface area contributed by atoms with Crippen LogP contribution in [0.5, 0.6) is 0 Å². The molecule has 0 bridgehead atoms. The van der Waals surface area contributed by atoms with Crippen molar-refractivity contribution in [2.75, 3.05) is 20.1 Å². The Hall–Kier alpha value is -0.410. The van der Waals surface area contributed by atoms with Crippen LogP contribution >= 0.6 is 11.3 Å². The van der Waals surface area contributed by atoms with Crippen molar-refractivity contribution in [3.8, 4) is 0 Å². The number of likely N-dealkylation sites (tertiary alicyclic amines) is 1. The highest BCUT2D eigenvalue weighted by molar-refractivity contribution is 7.09. The van der Waals surface area contributed by atoms with Gasteiger partial charge in [0.2, 0.25) is 0 Å². The second-order valence-electron chi connectivity index (χ2n) is 3.98. The molecule has 0 saturated carbocycles. The van der Waals surface area contributed by atoms with Gasteiger partial charge in [0.1, 0.15) is 0 Å². The zero-order chi connectivity index (χ0) is 9.26. The molecule has 1 atom stereocenters. The van der Waals surface area contributed by atoms with Gasteiger partial charge < -0.3 is 4.90 Å². The van der Waals surface area contributed by atoms with Crippen molar-refractivity contribution < 1.29 is 0 Å². The Kier molecular flexibility index (Phi) is 2.65. The molecule has 2 heterocycles. The van der Waals surface area contributed by atoms with Crippen LogP contribution in [0.1, 0.15) is 17.0 Å². The summed E-state index contributed by atoms with van der Waals surface area (Å²) in [4.78, 5) is 8.19. The molecule has 13 heavy (non-hydrogen) atoms. The van der Waals surface area contributed by atoms with Gasteiger partial charge in [-0.25, -0.2) is 4.98 Å². The molecule has 2 rings (SSSR count). The van der Waals surface area contributed by atoms with E-state index in [0.717, 1.165) is 5.92 Å². The molecular weight excluding hydrogens is 180 g/mol. The number of aryl methyl sites for hydroxylation is 1. The van der Waals surface area contributed by atoms with Crippen LogP contribution in [0.3, 0.4) is 0 Å². The summed E-state index contributed by atoms with van der Waals surface area (Å²) in [5.41, 5.74) is 3.20. The number of thiazole rings is 1. The van der Waals surface area contributed by atoms with Crippen molar-refractivity contribution in [1.29, 1.82) is 0 Å². The van der Waals surface area contributed by atoms with E-state index in [1.165, 1.54) is 36.5 Å². The van der Waals surface area contributed by atoms with Gasteiger partial charge in [-0.2, -0.15) is 0 Å². The largest absolute Gasteiger partial charge is 0.306 e. The predicted molar refractivity (Wildman–Crippen MR) is 56.2 cm³/mol. The molecule has 72 valence electrons. The lowest BCUT2D eigenvalue weighted by Gasteiger charge is -2.08. The maximum atomic E-state index is 4.28. The van der Waals surface area contributed by atoms with E-state index in [4.69, 9.17) is 0 Å². The highest BCUT2D eigenvalue weighted by Crippen LogP contribution is 2.23. The molecule has 0 aliphatic carbocycles. The summed E-state index contributed by atoms with van der Waals surface area (Å²) in [6, 6.07) is 0. The lowest BCUT2D eigenvalue weighted by Crippen LogP contribution is -2.14. The Labute approximate surface area is 83.6 Å². The third kappa shape index (κ3) is 2.09. The smallest absolute Gasteiger partial charge is 0.0797 e. The fourth-order valence-electron chi connectivity index (χ4n) is 1.98. The Balaban J connectivity index is 1.95. The summed E-state index contributed by atoms with van der Waals surface area (Å²) in [6.45, 7) is 4.64. The van der Waals surface area contributed by atoms with Crippen molar-refractivity contribution in [1.82, 2.24) is 9.88 Å². The third-order valence-corrected chi connectivity index (χ3v) is 3.77. The first-order chi connectivity index (χ1) is 6.25. The second-order valence-corrected chi connectivity index (χ2v) is 4.92. The van der Waals surface area contributed by atoms with E-state index < -0.39 is 0 Å². The molecule has 2 nitrogen and oxygen atoms in total. The average Bonchev–Trinajstić information content (AvgIpc) is 2.64. The summed E-state index contributed by atoms with van der Waals surface area (Å²) in [6.07, 6.45) is 2.59. The lowest BCUT2D eigenvalue weighted by atomic mass is 10.0. The van der Waals surface area contributed by atoms with E-state index in [2.05, 4.69) is 23.9 Å². The molecule has 1 aliphatic rings. The Morgan fingerprint density at radius 1 is 1.69 bits per heavy atom. The summed E-state index contributed by atoms with van der Waals surface area (Å²) in [5, 5.41) is 0. The molecule has 0 aromatic carbocycles. The predicted octanol–water partition coefficient (Wildman–Crippen LogP) is 1.95. The van der Waals surface area contributed by atoms with Gasteiger partial charge in [0.15, 0.2) is 0 Å². The SMILES string of the molecule is Cc1ncsc1CC1CCN(C)C1.